The van der Waals surface area contributed by atoms with Gasteiger partial charge in [0.05, 0.1) is 17.1 Å². The molecule has 2 aliphatic heterocycles. The van der Waals surface area contributed by atoms with Gasteiger partial charge in [-0.2, -0.15) is 13.2 Å². The zero-order chi connectivity index (χ0) is 24.2. The summed E-state index contributed by atoms with van der Waals surface area (Å²) in [7, 11) is 0. The molecule has 178 valence electrons. The van der Waals surface area contributed by atoms with Crippen molar-refractivity contribution < 1.29 is 27.6 Å². The molecule has 2 aliphatic rings. The molecule has 2 saturated heterocycles. The van der Waals surface area contributed by atoms with Crippen LogP contribution >= 0.6 is 34.3 Å². The number of rotatable bonds is 3. The van der Waals surface area contributed by atoms with Crippen molar-refractivity contribution in [3.63, 3.8) is 0 Å². The number of nitrogens with zero attached hydrogens (tertiary/aromatic N) is 4. The molecule has 0 N–H and O–H groups in total. The Kier molecular flexibility index (Phi) is 5.87. The number of thiophene rings is 1. The van der Waals surface area contributed by atoms with Crippen LogP contribution in [0.2, 0.25) is 5.02 Å². The maximum absolute atomic E-state index is 13.0. The summed E-state index contributed by atoms with van der Waals surface area (Å²) in [5, 5.41) is 2.49. The van der Waals surface area contributed by atoms with Crippen LogP contribution < -0.4 is 0 Å². The number of carbonyl (C=O) groups is 3. The van der Waals surface area contributed by atoms with Gasteiger partial charge < -0.3 is 4.90 Å². The predicted molar refractivity (Wildman–Crippen MR) is 121 cm³/mol. The lowest BCUT2D eigenvalue weighted by atomic mass is 10.1. The summed E-state index contributed by atoms with van der Waals surface area (Å²) in [4.78, 5) is 46.7. The van der Waals surface area contributed by atoms with E-state index < -0.39 is 17.6 Å². The summed E-state index contributed by atoms with van der Waals surface area (Å²) in [5.74, 6) is -1.07. The summed E-state index contributed by atoms with van der Waals surface area (Å²) in [6, 6.07) is 3.19. The lowest BCUT2D eigenvalue weighted by Crippen LogP contribution is -2.65. The van der Waals surface area contributed by atoms with Crippen LogP contribution in [-0.2, 0) is 11.0 Å². The van der Waals surface area contributed by atoms with Gasteiger partial charge in [0.2, 0.25) is 5.91 Å². The van der Waals surface area contributed by atoms with Gasteiger partial charge in [0.1, 0.15) is 4.88 Å². The highest BCUT2D eigenvalue weighted by Crippen LogP contribution is 2.40. The molecule has 0 atom stereocenters. The van der Waals surface area contributed by atoms with Crippen molar-refractivity contribution in [3.8, 4) is 0 Å². The first-order valence-electron chi connectivity index (χ1n) is 10.2. The third kappa shape index (κ3) is 4.08. The Morgan fingerprint density at radius 2 is 1.91 bits per heavy atom. The largest absolute Gasteiger partial charge is 0.416 e. The molecular formula is C21H16ClF3N4O3S2. The molecule has 13 heteroatoms. The SMILES string of the molecule is O=C(c1sc2cc(C(F)(F)F)ccc2c1Cl)N1CC(N2CCN(C(=O)c3nccs3)C(=O)C2)C1. The fourth-order valence-electron chi connectivity index (χ4n) is 4.04. The molecule has 2 aromatic heterocycles. The number of imide groups is 1. The number of piperazine rings is 1. The van der Waals surface area contributed by atoms with Gasteiger partial charge in [-0.05, 0) is 12.1 Å². The highest BCUT2D eigenvalue weighted by molar-refractivity contribution is 7.21. The first-order valence-corrected chi connectivity index (χ1v) is 12.3. The van der Waals surface area contributed by atoms with Gasteiger partial charge >= 0.3 is 6.18 Å². The Morgan fingerprint density at radius 1 is 1.15 bits per heavy atom. The van der Waals surface area contributed by atoms with Crippen LogP contribution in [0, 0.1) is 0 Å². The summed E-state index contributed by atoms with van der Waals surface area (Å²) >= 11 is 8.44. The summed E-state index contributed by atoms with van der Waals surface area (Å²) in [5.41, 5.74) is -0.793. The number of thiazole rings is 1. The molecule has 1 aromatic carbocycles. The number of halogens is 4. The number of likely N-dealkylation sites (tertiary alicyclic amines) is 1. The maximum atomic E-state index is 13.0. The number of benzene rings is 1. The summed E-state index contributed by atoms with van der Waals surface area (Å²) < 4.78 is 39.3. The molecule has 0 saturated carbocycles. The van der Waals surface area contributed by atoms with Gasteiger partial charge in [0.15, 0.2) is 5.01 Å². The van der Waals surface area contributed by atoms with E-state index >= 15 is 0 Å². The van der Waals surface area contributed by atoms with Crippen molar-refractivity contribution in [2.24, 2.45) is 0 Å². The molecule has 34 heavy (non-hydrogen) atoms. The van der Waals surface area contributed by atoms with E-state index in [2.05, 4.69) is 4.98 Å². The fourth-order valence-corrected chi connectivity index (χ4v) is 6.14. The van der Waals surface area contributed by atoms with Gasteiger partial charge in [-0.3, -0.25) is 24.2 Å². The van der Waals surface area contributed by atoms with E-state index in [0.29, 0.717) is 29.7 Å². The van der Waals surface area contributed by atoms with Crippen molar-refractivity contribution >= 4 is 62.1 Å². The van der Waals surface area contributed by atoms with Crippen molar-refractivity contribution in [3.05, 3.63) is 50.2 Å². The number of carbonyl (C=O) groups excluding carboxylic acids is 3. The molecule has 0 radical (unpaired) electrons. The Morgan fingerprint density at radius 3 is 2.56 bits per heavy atom. The smallest absolute Gasteiger partial charge is 0.335 e. The van der Waals surface area contributed by atoms with Gasteiger partial charge in [-0.15, -0.1) is 22.7 Å². The highest BCUT2D eigenvalue weighted by atomic mass is 35.5. The minimum absolute atomic E-state index is 0.0463. The topological polar surface area (TPSA) is 73.8 Å². The predicted octanol–water partition coefficient (Wildman–Crippen LogP) is 3.84. The number of hydrogen-bond donors (Lipinski definition) is 0. The maximum Gasteiger partial charge on any atom is 0.416 e. The minimum Gasteiger partial charge on any atom is -0.335 e. The van der Waals surface area contributed by atoms with E-state index in [-0.39, 0.29) is 45.9 Å². The van der Waals surface area contributed by atoms with Gasteiger partial charge in [0.25, 0.3) is 11.8 Å². The standard InChI is InChI=1S/C21H16ClF3N4O3S2/c22-16-13-2-1-11(21(23,24)25)7-14(13)34-17(16)19(31)28-8-12(9-28)27-4-5-29(15(30)10-27)20(32)18-26-3-6-33-18/h1-3,6-7,12H,4-5,8-10H2. The molecule has 0 aliphatic carbocycles. The van der Waals surface area contributed by atoms with E-state index in [4.69, 9.17) is 11.6 Å². The zero-order valence-electron chi connectivity index (χ0n) is 17.3. The van der Waals surface area contributed by atoms with Crippen LogP contribution in [0.3, 0.4) is 0 Å². The Balaban J connectivity index is 1.22. The van der Waals surface area contributed by atoms with Crippen LogP contribution in [0.25, 0.3) is 10.1 Å². The Hall–Kier alpha value is -2.54. The quantitative estimate of drug-likeness (QED) is 0.483. The molecule has 4 heterocycles. The van der Waals surface area contributed by atoms with E-state index in [1.54, 1.807) is 10.3 Å². The van der Waals surface area contributed by atoms with Crippen molar-refractivity contribution in [1.82, 2.24) is 19.7 Å². The first kappa shape index (κ1) is 23.2. The fraction of sp³-hybridized carbons (Fsp3) is 0.333. The number of aromatic nitrogens is 1. The molecule has 5 rings (SSSR count). The number of hydrogen-bond acceptors (Lipinski definition) is 7. The molecule has 3 aromatic rings. The Bertz CT molecular complexity index is 1290. The van der Waals surface area contributed by atoms with Crippen molar-refractivity contribution in [1.29, 1.82) is 0 Å². The minimum atomic E-state index is -4.48. The second kappa shape index (κ2) is 8.59. The van der Waals surface area contributed by atoms with E-state index in [1.165, 1.54) is 28.5 Å². The highest BCUT2D eigenvalue weighted by Gasteiger charge is 2.41. The normalized spacial score (nSPS) is 17.9. The van der Waals surface area contributed by atoms with Gasteiger partial charge in [-0.25, -0.2) is 4.98 Å². The van der Waals surface area contributed by atoms with Crippen LogP contribution in [0.1, 0.15) is 25.0 Å². The second-order valence-corrected chi connectivity index (χ2v) is 10.3. The average Bonchev–Trinajstić information content (AvgIpc) is 3.40. The number of alkyl halides is 3. The van der Waals surface area contributed by atoms with Gasteiger partial charge in [0, 0.05) is 53.9 Å². The molecular weight excluding hydrogens is 513 g/mol. The van der Waals surface area contributed by atoms with E-state index in [9.17, 15) is 27.6 Å². The molecule has 7 nitrogen and oxygen atoms in total. The number of fused-ring (bicyclic) bond motifs is 1. The molecule has 0 spiro atoms. The third-order valence-electron chi connectivity index (χ3n) is 5.93. The number of amides is 3. The summed E-state index contributed by atoms with van der Waals surface area (Å²) in [6.45, 7) is 1.52. The van der Waals surface area contributed by atoms with E-state index in [0.717, 1.165) is 23.5 Å². The van der Waals surface area contributed by atoms with Crippen LogP contribution in [0.5, 0.6) is 0 Å². The second-order valence-electron chi connectivity index (χ2n) is 7.98. The first-order chi connectivity index (χ1) is 16.1. The van der Waals surface area contributed by atoms with Crippen molar-refractivity contribution in [2.45, 2.75) is 12.2 Å². The lowest BCUT2D eigenvalue weighted by molar-refractivity contribution is -0.137. The monoisotopic (exact) mass is 528 g/mol. The Labute approximate surface area is 204 Å². The molecule has 3 amide bonds. The lowest BCUT2D eigenvalue weighted by Gasteiger charge is -2.47. The zero-order valence-corrected chi connectivity index (χ0v) is 19.7. The molecule has 0 unspecified atom stereocenters. The molecule has 0 bridgehead atoms. The summed E-state index contributed by atoms with van der Waals surface area (Å²) in [6.07, 6.45) is -2.97. The van der Waals surface area contributed by atoms with E-state index in [1.807, 2.05) is 4.90 Å². The molecule has 2 fully saturated rings. The average molecular weight is 529 g/mol. The van der Waals surface area contributed by atoms with Crippen molar-refractivity contribution in [2.75, 3.05) is 32.7 Å². The third-order valence-corrected chi connectivity index (χ3v) is 8.33. The van der Waals surface area contributed by atoms with Gasteiger partial charge in [-0.1, -0.05) is 17.7 Å². The van der Waals surface area contributed by atoms with Crippen LogP contribution in [0.15, 0.2) is 29.8 Å². The van der Waals surface area contributed by atoms with Crippen LogP contribution in [-0.4, -0.2) is 76.2 Å². The van der Waals surface area contributed by atoms with Crippen LogP contribution in [0.4, 0.5) is 13.2 Å².